The van der Waals surface area contributed by atoms with Crippen LogP contribution in [0, 0.1) is 18.7 Å². The van der Waals surface area contributed by atoms with E-state index in [9.17, 15) is 13.2 Å². The van der Waals surface area contributed by atoms with Gasteiger partial charge in [0, 0.05) is 18.4 Å². The maximum Gasteiger partial charge on any atom is 0.248 e. The third-order valence-corrected chi connectivity index (χ3v) is 3.82. The standard InChI is InChI=1S/C14H19F3N2/c1-9-4-5-12(15)11(7-9)13(19-18)10-3-2-6-14(16,17)8-10/h4-5,7,10,13,19H,2-3,6,8,18H2,1H3. The van der Waals surface area contributed by atoms with Gasteiger partial charge in [-0.3, -0.25) is 11.3 Å². The molecule has 1 saturated carbocycles. The van der Waals surface area contributed by atoms with Crippen LogP contribution < -0.4 is 11.3 Å². The molecule has 0 aliphatic heterocycles. The minimum absolute atomic E-state index is 0.0862. The van der Waals surface area contributed by atoms with Gasteiger partial charge in [0.2, 0.25) is 5.92 Å². The highest BCUT2D eigenvalue weighted by Crippen LogP contribution is 2.42. The summed E-state index contributed by atoms with van der Waals surface area (Å²) in [6, 6.07) is 4.12. The Morgan fingerprint density at radius 3 is 2.79 bits per heavy atom. The zero-order valence-corrected chi connectivity index (χ0v) is 10.9. The lowest BCUT2D eigenvalue weighted by Gasteiger charge is -2.34. The van der Waals surface area contributed by atoms with Crippen molar-refractivity contribution in [3.63, 3.8) is 0 Å². The van der Waals surface area contributed by atoms with Gasteiger partial charge < -0.3 is 0 Å². The van der Waals surface area contributed by atoms with Gasteiger partial charge in [-0.1, -0.05) is 17.7 Å². The Hall–Kier alpha value is -1.07. The van der Waals surface area contributed by atoms with Gasteiger partial charge in [0.05, 0.1) is 6.04 Å². The first-order chi connectivity index (χ1) is 8.93. The molecule has 1 aliphatic rings. The maximum absolute atomic E-state index is 13.9. The second-order valence-corrected chi connectivity index (χ2v) is 5.38. The summed E-state index contributed by atoms with van der Waals surface area (Å²) in [5.74, 6) is 2.07. The molecule has 0 bridgehead atoms. The lowest BCUT2D eigenvalue weighted by Crippen LogP contribution is -2.39. The third kappa shape index (κ3) is 3.28. The molecule has 106 valence electrons. The SMILES string of the molecule is Cc1ccc(F)c(C(NN)C2CCCC(F)(F)C2)c1. The van der Waals surface area contributed by atoms with Crippen molar-refractivity contribution in [3.8, 4) is 0 Å². The van der Waals surface area contributed by atoms with E-state index < -0.39 is 17.8 Å². The molecule has 0 radical (unpaired) electrons. The number of benzene rings is 1. The first-order valence-corrected chi connectivity index (χ1v) is 6.53. The van der Waals surface area contributed by atoms with Crippen molar-refractivity contribution in [2.24, 2.45) is 11.8 Å². The molecule has 0 aromatic heterocycles. The first-order valence-electron chi connectivity index (χ1n) is 6.53. The van der Waals surface area contributed by atoms with E-state index in [1.54, 1.807) is 12.1 Å². The van der Waals surface area contributed by atoms with Gasteiger partial charge in [0.1, 0.15) is 5.82 Å². The Morgan fingerprint density at radius 1 is 1.42 bits per heavy atom. The van der Waals surface area contributed by atoms with Crippen molar-refractivity contribution in [3.05, 3.63) is 35.1 Å². The molecular formula is C14H19F3N2. The number of halogens is 3. The van der Waals surface area contributed by atoms with Crippen LogP contribution in [0.2, 0.25) is 0 Å². The van der Waals surface area contributed by atoms with Gasteiger partial charge in [-0.15, -0.1) is 0 Å². The normalized spacial score (nSPS) is 24.2. The average Bonchev–Trinajstić information content (AvgIpc) is 2.33. The predicted octanol–water partition coefficient (Wildman–Crippen LogP) is 3.46. The number of hydrogen-bond donors (Lipinski definition) is 2. The highest BCUT2D eigenvalue weighted by atomic mass is 19.3. The molecule has 3 N–H and O–H groups in total. The highest BCUT2D eigenvalue weighted by molar-refractivity contribution is 5.27. The lowest BCUT2D eigenvalue weighted by molar-refractivity contribution is -0.0585. The molecule has 2 atom stereocenters. The summed E-state index contributed by atoms with van der Waals surface area (Å²) in [6.45, 7) is 1.84. The molecule has 0 heterocycles. The Kier molecular flexibility index (Phi) is 4.16. The molecule has 5 heteroatoms. The Balaban J connectivity index is 2.26. The average molecular weight is 272 g/mol. The zero-order chi connectivity index (χ0) is 14.0. The van der Waals surface area contributed by atoms with Crippen LogP contribution in [0.4, 0.5) is 13.2 Å². The van der Waals surface area contributed by atoms with Crippen LogP contribution in [0.1, 0.15) is 42.9 Å². The first kappa shape index (κ1) is 14.3. The van der Waals surface area contributed by atoms with Crippen molar-refractivity contribution in [2.75, 3.05) is 0 Å². The molecule has 1 fully saturated rings. The number of nitrogens with two attached hydrogens (primary N) is 1. The van der Waals surface area contributed by atoms with Crippen molar-refractivity contribution in [1.29, 1.82) is 0 Å². The molecule has 19 heavy (non-hydrogen) atoms. The van der Waals surface area contributed by atoms with Crippen molar-refractivity contribution in [1.82, 2.24) is 5.43 Å². The molecule has 0 amide bonds. The second-order valence-electron chi connectivity index (χ2n) is 5.38. The number of aryl methyl sites for hydroxylation is 1. The fraction of sp³-hybridized carbons (Fsp3) is 0.571. The minimum atomic E-state index is -2.67. The topological polar surface area (TPSA) is 38.0 Å². The Morgan fingerprint density at radius 2 is 2.16 bits per heavy atom. The van der Waals surface area contributed by atoms with Gasteiger partial charge in [-0.2, -0.15) is 0 Å². The molecular weight excluding hydrogens is 253 g/mol. The summed E-state index contributed by atoms with van der Waals surface area (Å²) >= 11 is 0. The summed E-state index contributed by atoms with van der Waals surface area (Å²) in [5, 5.41) is 0. The van der Waals surface area contributed by atoms with Gasteiger partial charge >= 0.3 is 0 Å². The van der Waals surface area contributed by atoms with Crippen LogP contribution in [0.5, 0.6) is 0 Å². The van der Waals surface area contributed by atoms with Crippen molar-refractivity contribution in [2.45, 2.75) is 44.6 Å². The zero-order valence-electron chi connectivity index (χ0n) is 10.9. The summed E-state index contributed by atoms with van der Waals surface area (Å²) in [5.41, 5.74) is 3.79. The molecule has 2 rings (SSSR count). The Labute approximate surface area is 111 Å². The number of alkyl halides is 2. The van der Waals surface area contributed by atoms with Gasteiger partial charge in [-0.05, 0) is 31.7 Å². The van der Waals surface area contributed by atoms with Crippen molar-refractivity contribution >= 4 is 0 Å². The van der Waals surface area contributed by atoms with Crippen LogP contribution in [-0.2, 0) is 0 Å². The van der Waals surface area contributed by atoms with E-state index >= 15 is 0 Å². The van der Waals surface area contributed by atoms with Crippen molar-refractivity contribution < 1.29 is 13.2 Å². The second kappa shape index (κ2) is 5.51. The van der Waals surface area contributed by atoms with E-state index in [-0.39, 0.29) is 18.8 Å². The van der Waals surface area contributed by atoms with Gasteiger partial charge in [-0.25, -0.2) is 13.2 Å². The predicted molar refractivity (Wildman–Crippen MR) is 68.1 cm³/mol. The fourth-order valence-corrected chi connectivity index (χ4v) is 2.88. The van der Waals surface area contributed by atoms with E-state index in [0.717, 1.165) is 5.56 Å². The van der Waals surface area contributed by atoms with Crippen LogP contribution in [0.3, 0.4) is 0 Å². The monoisotopic (exact) mass is 272 g/mol. The number of nitrogens with one attached hydrogen (secondary N) is 1. The highest BCUT2D eigenvalue weighted by Gasteiger charge is 2.40. The lowest BCUT2D eigenvalue weighted by atomic mass is 9.79. The number of rotatable bonds is 3. The van der Waals surface area contributed by atoms with E-state index in [1.807, 2.05) is 6.92 Å². The molecule has 1 aromatic rings. The van der Waals surface area contributed by atoms with E-state index in [4.69, 9.17) is 5.84 Å². The van der Waals surface area contributed by atoms with Crippen LogP contribution in [0.25, 0.3) is 0 Å². The maximum atomic E-state index is 13.9. The summed E-state index contributed by atoms with van der Waals surface area (Å²) in [4.78, 5) is 0. The molecule has 1 aliphatic carbocycles. The molecule has 2 nitrogen and oxygen atoms in total. The number of hydrogen-bond acceptors (Lipinski definition) is 2. The summed E-state index contributed by atoms with van der Waals surface area (Å²) < 4.78 is 40.8. The van der Waals surface area contributed by atoms with Crippen LogP contribution in [0.15, 0.2) is 18.2 Å². The van der Waals surface area contributed by atoms with E-state index in [2.05, 4.69) is 5.43 Å². The quantitative estimate of drug-likeness (QED) is 0.653. The van der Waals surface area contributed by atoms with Crippen LogP contribution in [-0.4, -0.2) is 5.92 Å². The van der Waals surface area contributed by atoms with Crippen LogP contribution >= 0.6 is 0 Å². The van der Waals surface area contributed by atoms with E-state index in [0.29, 0.717) is 18.4 Å². The molecule has 2 unspecified atom stereocenters. The third-order valence-electron chi connectivity index (χ3n) is 3.82. The molecule has 1 aromatic carbocycles. The van der Waals surface area contributed by atoms with Gasteiger partial charge in [0.15, 0.2) is 0 Å². The number of hydrazine groups is 1. The fourth-order valence-electron chi connectivity index (χ4n) is 2.88. The Bertz CT molecular complexity index is 448. The molecule has 0 spiro atoms. The minimum Gasteiger partial charge on any atom is -0.271 e. The summed E-state index contributed by atoms with van der Waals surface area (Å²) in [7, 11) is 0. The van der Waals surface area contributed by atoms with Gasteiger partial charge in [0.25, 0.3) is 0 Å². The summed E-state index contributed by atoms with van der Waals surface area (Å²) in [6.07, 6.45) is 0.757. The molecule has 0 saturated heterocycles. The van der Waals surface area contributed by atoms with E-state index in [1.165, 1.54) is 6.07 Å². The smallest absolute Gasteiger partial charge is 0.248 e. The largest absolute Gasteiger partial charge is 0.271 e.